The summed E-state index contributed by atoms with van der Waals surface area (Å²) in [7, 11) is 1.98. The summed E-state index contributed by atoms with van der Waals surface area (Å²) in [6, 6.07) is 0.320. The summed E-state index contributed by atoms with van der Waals surface area (Å²) in [6.45, 7) is 5.50. The van der Waals surface area contributed by atoms with Crippen LogP contribution >= 0.6 is 0 Å². The number of rotatable bonds is 5. The molecule has 0 bridgehead atoms. The van der Waals surface area contributed by atoms with Crippen LogP contribution in [0.5, 0.6) is 0 Å². The number of imidazole rings is 1. The molecule has 3 aliphatic carbocycles. The highest BCUT2D eigenvalue weighted by molar-refractivity contribution is 5.89. The van der Waals surface area contributed by atoms with Crippen LogP contribution in [-0.4, -0.2) is 46.3 Å². The smallest absolute Gasteiger partial charge is 0.246 e. The third-order valence-electron chi connectivity index (χ3n) is 9.89. The van der Waals surface area contributed by atoms with E-state index in [-0.39, 0.29) is 28.6 Å². The van der Waals surface area contributed by atoms with Crippen LogP contribution in [0.2, 0.25) is 0 Å². The molecule has 4 aliphatic rings. The van der Waals surface area contributed by atoms with E-state index in [0.717, 1.165) is 37.9 Å². The number of likely N-dealkylation sites (N-methyl/N-ethyl adjacent to an activating group) is 1. The fourth-order valence-electron chi connectivity index (χ4n) is 8.19. The van der Waals surface area contributed by atoms with Gasteiger partial charge in [-0.2, -0.15) is 0 Å². The molecule has 0 saturated heterocycles. The van der Waals surface area contributed by atoms with Gasteiger partial charge in [0.15, 0.2) is 0 Å². The molecule has 2 unspecified atom stereocenters. The third-order valence-corrected chi connectivity index (χ3v) is 9.89. The van der Waals surface area contributed by atoms with E-state index in [1.54, 1.807) is 12.3 Å². The van der Waals surface area contributed by atoms with E-state index in [1.165, 1.54) is 19.3 Å². The molecule has 7 atom stereocenters. The molecule has 2 N–H and O–H groups in total. The number of fused-ring (bicyclic) bond motifs is 5. The number of aromatic amines is 1. The van der Waals surface area contributed by atoms with E-state index < -0.39 is 0 Å². The van der Waals surface area contributed by atoms with Gasteiger partial charge in [0, 0.05) is 49.8 Å². The van der Waals surface area contributed by atoms with E-state index in [2.05, 4.69) is 35.2 Å². The molecule has 2 heterocycles. The lowest BCUT2D eigenvalue weighted by Crippen LogP contribution is -2.59. The van der Waals surface area contributed by atoms with Crippen molar-refractivity contribution in [2.75, 3.05) is 13.6 Å². The van der Waals surface area contributed by atoms with E-state index in [0.29, 0.717) is 30.3 Å². The van der Waals surface area contributed by atoms with E-state index in [9.17, 15) is 9.59 Å². The summed E-state index contributed by atoms with van der Waals surface area (Å²) in [6.07, 6.45) is 16.2. The van der Waals surface area contributed by atoms with E-state index in [4.69, 9.17) is 0 Å². The second-order valence-corrected chi connectivity index (χ2v) is 11.2. The molecule has 5 rings (SSSR count). The lowest BCUT2D eigenvalue weighted by Gasteiger charge is -2.60. The molecule has 1 aliphatic heterocycles. The molecule has 6 heteroatoms. The van der Waals surface area contributed by atoms with Gasteiger partial charge in [-0.3, -0.25) is 9.59 Å². The second-order valence-electron chi connectivity index (χ2n) is 11.2. The average molecular weight is 439 g/mol. The maximum atomic E-state index is 13.2. The standard InChI is InChI=1S/C26H38N4O2/c1-25-12-10-19-17(6-9-21-26(19,2)13-11-23(31)30(21)3)18(25)7-8-20(25)24(32)29-14-4-5-22-27-15-16-28-22/h11,13,15-21H,4-10,12,14H2,1-3H3,(H,27,28)(H,29,32)/t17-,18-,19+,20?,21?,25-,26+/m0/s1. The quantitative estimate of drug-likeness (QED) is 0.688. The monoisotopic (exact) mass is 438 g/mol. The van der Waals surface area contributed by atoms with E-state index >= 15 is 0 Å². The first-order chi connectivity index (χ1) is 15.3. The van der Waals surface area contributed by atoms with E-state index in [1.807, 2.05) is 18.1 Å². The summed E-state index contributed by atoms with van der Waals surface area (Å²) < 4.78 is 0. The van der Waals surface area contributed by atoms with Crippen LogP contribution in [0.15, 0.2) is 24.5 Å². The first kappa shape index (κ1) is 21.7. The molecular weight excluding hydrogens is 400 g/mol. The Hall–Kier alpha value is -2.11. The minimum atomic E-state index is 0.0686. The van der Waals surface area contributed by atoms with Gasteiger partial charge in [-0.1, -0.05) is 19.9 Å². The van der Waals surface area contributed by atoms with Crippen LogP contribution in [0, 0.1) is 34.5 Å². The van der Waals surface area contributed by atoms with Crippen LogP contribution < -0.4 is 5.32 Å². The average Bonchev–Trinajstić information content (AvgIpc) is 3.41. The van der Waals surface area contributed by atoms with Gasteiger partial charge in [-0.25, -0.2) is 4.98 Å². The second kappa shape index (κ2) is 8.03. The van der Waals surface area contributed by atoms with Gasteiger partial charge in [0.2, 0.25) is 11.8 Å². The van der Waals surface area contributed by atoms with Crippen molar-refractivity contribution in [2.45, 2.75) is 71.3 Å². The summed E-state index contributed by atoms with van der Waals surface area (Å²) in [5, 5.41) is 3.24. The van der Waals surface area contributed by atoms with Gasteiger partial charge >= 0.3 is 0 Å². The van der Waals surface area contributed by atoms with Crippen LogP contribution in [0.4, 0.5) is 0 Å². The Balaban J connectivity index is 1.25. The Morgan fingerprint density at radius 2 is 2.06 bits per heavy atom. The van der Waals surface area contributed by atoms with Crippen LogP contribution in [0.25, 0.3) is 0 Å². The maximum Gasteiger partial charge on any atom is 0.246 e. The number of aromatic nitrogens is 2. The molecule has 6 nitrogen and oxygen atoms in total. The Labute approximate surface area is 191 Å². The Morgan fingerprint density at radius 3 is 2.84 bits per heavy atom. The number of hydrogen-bond donors (Lipinski definition) is 2. The molecule has 1 aromatic heterocycles. The Kier molecular flexibility index (Phi) is 5.45. The number of aryl methyl sites for hydroxylation is 1. The summed E-state index contributed by atoms with van der Waals surface area (Å²) in [4.78, 5) is 34.8. The highest BCUT2D eigenvalue weighted by Crippen LogP contribution is 2.65. The fourth-order valence-corrected chi connectivity index (χ4v) is 8.19. The lowest BCUT2D eigenvalue weighted by atomic mass is 9.47. The van der Waals surface area contributed by atoms with Crippen molar-refractivity contribution in [3.63, 3.8) is 0 Å². The first-order valence-electron chi connectivity index (χ1n) is 12.6. The summed E-state index contributed by atoms with van der Waals surface area (Å²) in [5.41, 5.74) is 0.175. The molecule has 0 aromatic carbocycles. The van der Waals surface area contributed by atoms with Crippen LogP contribution in [-0.2, 0) is 16.0 Å². The molecule has 2 amide bonds. The number of nitrogens with zero attached hydrogens (tertiary/aromatic N) is 2. The van der Waals surface area contributed by atoms with Crippen molar-refractivity contribution in [2.24, 2.45) is 34.5 Å². The highest BCUT2D eigenvalue weighted by Gasteiger charge is 2.61. The molecule has 174 valence electrons. The zero-order valence-electron chi connectivity index (χ0n) is 19.8. The van der Waals surface area contributed by atoms with Crippen LogP contribution in [0.1, 0.15) is 64.6 Å². The maximum absolute atomic E-state index is 13.2. The molecule has 32 heavy (non-hydrogen) atoms. The first-order valence-corrected chi connectivity index (χ1v) is 12.6. The van der Waals surface area contributed by atoms with Crippen molar-refractivity contribution in [3.8, 4) is 0 Å². The SMILES string of the molecule is CN1C(=O)C=C[C@@]2(C)C1CC[C@@H]1[C@H]2CC[C@]2(C)C(C(=O)NCCCc3ncc[nH]3)CC[C@@H]12. The minimum Gasteiger partial charge on any atom is -0.356 e. The molecular formula is C26H38N4O2. The molecule has 0 spiro atoms. The van der Waals surface area contributed by atoms with Crippen molar-refractivity contribution in [3.05, 3.63) is 30.4 Å². The van der Waals surface area contributed by atoms with Crippen LogP contribution in [0.3, 0.4) is 0 Å². The van der Waals surface area contributed by atoms with Crippen molar-refractivity contribution in [1.29, 1.82) is 0 Å². The lowest BCUT2D eigenvalue weighted by molar-refractivity contribution is -0.142. The Morgan fingerprint density at radius 1 is 1.22 bits per heavy atom. The van der Waals surface area contributed by atoms with Gasteiger partial charge in [0.25, 0.3) is 0 Å². The summed E-state index contributed by atoms with van der Waals surface area (Å²) >= 11 is 0. The van der Waals surface area contributed by atoms with Gasteiger partial charge in [-0.05, 0) is 74.2 Å². The largest absolute Gasteiger partial charge is 0.356 e. The number of amides is 2. The normalized spacial score (nSPS) is 40.5. The minimum absolute atomic E-state index is 0.0686. The highest BCUT2D eigenvalue weighted by atomic mass is 16.2. The number of hydrogen-bond acceptors (Lipinski definition) is 3. The number of nitrogens with one attached hydrogen (secondary N) is 2. The Bertz CT molecular complexity index is 896. The van der Waals surface area contributed by atoms with Gasteiger partial charge in [0.1, 0.15) is 5.82 Å². The molecule has 3 fully saturated rings. The number of carbonyl (C=O) groups excluding carboxylic acids is 2. The van der Waals surface area contributed by atoms with Crippen molar-refractivity contribution < 1.29 is 9.59 Å². The summed E-state index contributed by atoms with van der Waals surface area (Å²) in [5.74, 6) is 3.42. The molecule has 1 aromatic rings. The molecule has 3 saturated carbocycles. The fraction of sp³-hybridized carbons (Fsp3) is 0.731. The van der Waals surface area contributed by atoms with Crippen molar-refractivity contribution in [1.82, 2.24) is 20.2 Å². The third kappa shape index (κ3) is 3.32. The predicted molar refractivity (Wildman–Crippen MR) is 123 cm³/mol. The zero-order valence-corrected chi connectivity index (χ0v) is 19.8. The van der Waals surface area contributed by atoms with Gasteiger partial charge in [0.05, 0.1) is 0 Å². The van der Waals surface area contributed by atoms with Crippen molar-refractivity contribution >= 4 is 11.8 Å². The zero-order chi connectivity index (χ0) is 22.5. The predicted octanol–water partition coefficient (Wildman–Crippen LogP) is 3.71. The number of H-pyrrole nitrogens is 1. The topological polar surface area (TPSA) is 78.1 Å². The van der Waals surface area contributed by atoms with Gasteiger partial charge < -0.3 is 15.2 Å². The molecule has 0 radical (unpaired) electrons. The van der Waals surface area contributed by atoms with Gasteiger partial charge in [-0.15, -0.1) is 0 Å². The number of carbonyl (C=O) groups is 2.